The Bertz CT molecular complexity index is 222. The molecule has 0 aromatic heterocycles. The molecule has 2 rings (SSSR count). The minimum absolute atomic E-state index is 0.766. The van der Waals surface area contributed by atoms with Crippen LogP contribution in [0.15, 0.2) is 0 Å². The van der Waals surface area contributed by atoms with Crippen LogP contribution >= 0.6 is 11.8 Å². The lowest BCUT2D eigenvalue weighted by atomic mass is 10.0. The van der Waals surface area contributed by atoms with Gasteiger partial charge in [-0.1, -0.05) is 13.3 Å². The van der Waals surface area contributed by atoms with E-state index < -0.39 is 0 Å². The van der Waals surface area contributed by atoms with Gasteiger partial charge in [-0.2, -0.15) is 11.8 Å². The maximum absolute atomic E-state index is 2.75. The number of rotatable bonds is 4. The summed E-state index contributed by atoms with van der Waals surface area (Å²) in [5, 5.41) is 0. The average molecular weight is 256 g/mol. The van der Waals surface area contributed by atoms with Gasteiger partial charge in [0.1, 0.15) is 0 Å². The van der Waals surface area contributed by atoms with E-state index in [-0.39, 0.29) is 0 Å². The summed E-state index contributed by atoms with van der Waals surface area (Å²) < 4.78 is 0. The van der Waals surface area contributed by atoms with Crippen molar-refractivity contribution in [1.29, 1.82) is 0 Å². The molecule has 0 radical (unpaired) electrons. The summed E-state index contributed by atoms with van der Waals surface area (Å²) in [4.78, 5) is 5.50. The van der Waals surface area contributed by atoms with Crippen LogP contribution in [-0.4, -0.2) is 59.6 Å². The fraction of sp³-hybridized carbons (Fsp3) is 1.00. The quantitative estimate of drug-likeness (QED) is 0.763. The molecule has 0 spiro atoms. The molecule has 0 amide bonds. The Balaban J connectivity index is 1.86. The highest BCUT2D eigenvalue weighted by Crippen LogP contribution is 2.22. The molecule has 0 bridgehead atoms. The first-order chi connectivity index (χ1) is 8.31. The molecule has 2 heterocycles. The Kier molecular flexibility index (Phi) is 5.64. The number of hydrogen-bond acceptors (Lipinski definition) is 3. The topological polar surface area (TPSA) is 6.48 Å². The van der Waals surface area contributed by atoms with Crippen molar-refractivity contribution in [2.75, 3.05) is 37.7 Å². The fourth-order valence-electron chi connectivity index (χ4n) is 3.19. The summed E-state index contributed by atoms with van der Waals surface area (Å²) in [6.45, 7) is 10.0. The van der Waals surface area contributed by atoms with Crippen LogP contribution in [-0.2, 0) is 0 Å². The van der Waals surface area contributed by atoms with Crippen molar-refractivity contribution in [3.63, 3.8) is 0 Å². The molecule has 17 heavy (non-hydrogen) atoms. The number of thioether (sulfide) groups is 1. The summed E-state index contributed by atoms with van der Waals surface area (Å²) in [6.07, 6.45) is 5.69. The Labute approximate surface area is 111 Å². The first-order valence-corrected chi connectivity index (χ1v) is 8.52. The summed E-state index contributed by atoms with van der Waals surface area (Å²) >= 11 is 2.09. The van der Waals surface area contributed by atoms with Gasteiger partial charge in [0.2, 0.25) is 0 Å². The van der Waals surface area contributed by atoms with Gasteiger partial charge in [-0.05, 0) is 51.6 Å². The van der Waals surface area contributed by atoms with E-state index in [4.69, 9.17) is 0 Å². The average Bonchev–Trinajstić information content (AvgIpc) is 2.58. The molecule has 2 atom stereocenters. The summed E-state index contributed by atoms with van der Waals surface area (Å²) in [7, 11) is 0. The zero-order valence-electron chi connectivity index (χ0n) is 11.5. The molecule has 2 aliphatic rings. The zero-order chi connectivity index (χ0) is 12.1. The highest BCUT2D eigenvalue weighted by Gasteiger charge is 2.28. The second kappa shape index (κ2) is 7.01. The Morgan fingerprint density at radius 1 is 1.18 bits per heavy atom. The van der Waals surface area contributed by atoms with Gasteiger partial charge in [0.15, 0.2) is 0 Å². The van der Waals surface area contributed by atoms with Crippen molar-refractivity contribution < 1.29 is 0 Å². The maximum Gasteiger partial charge on any atom is 0.0223 e. The van der Waals surface area contributed by atoms with E-state index in [9.17, 15) is 0 Å². The van der Waals surface area contributed by atoms with Gasteiger partial charge >= 0.3 is 0 Å². The number of fused-ring (bicyclic) bond motifs is 1. The minimum Gasteiger partial charge on any atom is -0.299 e. The normalized spacial score (nSPS) is 29.6. The second-order valence-corrected chi connectivity index (χ2v) is 6.86. The van der Waals surface area contributed by atoms with Crippen LogP contribution in [0, 0.1) is 0 Å². The molecule has 2 fully saturated rings. The largest absolute Gasteiger partial charge is 0.299 e. The lowest BCUT2D eigenvalue weighted by molar-refractivity contribution is 0.127. The van der Waals surface area contributed by atoms with Gasteiger partial charge in [-0.25, -0.2) is 0 Å². The Morgan fingerprint density at radius 3 is 2.82 bits per heavy atom. The molecule has 2 unspecified atom stereocenters. The summed E-state index contributed by atoms with van der Waals surface area (Å²) in [6, 6.07) is 1.63. The molecule has 0 N–H and O–H groups in total. The van der Waals surface area contributed by atoms with Crippen molar-refractivity contribution in [3.8, 4) is 0 Å². The predicted octanol–water partition coefficient (Wildman–Crippen LogP) is 2.69. The lowest BCUT2D eigenvalue weighted by Crippen LogP contribution is -2.46. The van der Waals surface area contributed by atoms with E-state index in [1.165, 1.54) is 63.4 Å². The zero-order valence-corrected chi connectivity index (χ0v) is 12.3. The highest BCUT2D eigenvalue weighted by molar-refractivity contribution is 7.99. The highest BCUT2D eigenvalue weighted by atomic mass is 32.2. The molecule has 3 heteroatoms. The van der Waals surface area contributed by atoms with E-state index in [1.54, 1.807) is 0 Å². The number of nitrogens with zero attached hydrogens (tertiary/aromatic N) is 2. The first-order valence-electron chi connectivity index (χ1n) is 7.37. The van der Waals surface area contributed by atoms with Crippen molar-refractivity contribution in [3.05, 3.63) is 0 Å². The monoisotopic (exact) mass is 256 g/mol. The van der Waals surface area contributed by atoms with Gasteiger partial charge in [0.05, 0.1) is 0 Å². The van der Waals surface area contributed by atoms with Gasteiger partial charge in [-0.3, -0.25) is 9.80 Å². The second-order valence-electron chi connectivity index (χ2n) is 5.54. The third kappa shape index (κ3) is 3.87. The smallest absolute Gasteiger partial charge is 0.0223 e. The Hall–Kier alpha value is 0.270. The molecule has 100 valence electrons. The summed E-state index contributed by atoms with van der Waals surface area (Å²) in [5.74, 6) is 2.57. The van der Waals surface area contributed by atoms with Gasteiger partial charge < -0.3 is 0 Å². The van der Waals surface area contributed by atoms with E-state index in [0.717, 1.165) is 12.1 Å². The van der Waals surface area contributed by atoms with Crippen molar-refractivity contribution in [1.82, 2.24) is 9.80 Å². The molecular weight excluding hydrogens is 228 g/mol. The van der Waals surface area contributed by atoms with E-state index in [2.05, 4.69) is 35.4 Å². The van der Waals surface area contributed by atoms with Crippen LogP contribution in [0.1, 0.15) is 39.5 Å². The number of hydrogen-bond donors (Lipinski definition) is 0. The van der Waals surface area contributed by atoms with Gasteiger partial charge in [0, 0.05) is 24.4 Å². The summed E-state index contributed by atoms with van der Waals surface area (Å²) in [5.41, 5.74) is 0. The van der Waals surface area contributed by atoms with Crippen LogP contribution in [0.4, 0.5) is 0 Å². The SMILES string of the molecule is CCSCC(C)N1CCCN2CCCCC2C1. The molecule has 2 saturated heterocycles. The van der Waals surface area contributed by atoms with Crippen LogP contribution in [0.5, 0.6) is 0 Å². The molecule has 0 aromatic rings. The van der Waals surface area contributed by atoms with Crippen LogP contribution in [0.2, 0.25) is 0 Å². The van der Waals surface area contributed by atoms with Crippen molar-refractivity contribution in [2.45, 2.75) is 51.6 Å². The molecular formula is C14H28N2S. The number of piperidine rings is 1. The maximum atomic E-state index is 2.75. The third-order valence-electron chi connectivity index (χ3n) is 4.27. The van der Waals surface area contributed by atoms with Crippen LogP contribution < -0.4 is 0 Å². The lowest BCUT2D eigenvalue weighted by Gasteiger charge is -2.36. The van der Waals surface area contributed by atoms with E-state index in [1.807, 2.05) is 0 Å². The van der Waals surface area contributed by atoms with Crippen LogP contribution in [0.3, 0.4) is 0 Å². The van der Waals surface area contributed by atoms with Gasteiger partial charge in [-0.15, -0.1) is 0 Å². The Morgan fingerprint density at radius 2 is 2.00 bits per heavy atom. The molecule has 0 aliphatic carbocycles. The van der Waals surface area contributed by atoms with Crippen LogP contribution in [0.25, 0.3) is 0 Å². The first kappa shape index (κ1) is 13.7. The van der Waals surface area contributed by atoms with Crippen molar-refractivity contribution >= 4 is 11.8 Å². The predicted molar refractivity (Wildman–Crippen MR) is 77.9 cm³/mol. The molecule has 2 nitrogen and oxygen atoms in total. The molecule has 0 aromatic carbocycles. The van der Waals surface area contributed by atoms with E-state index in [0.29, 0.717) is 0 Å². The van der Waals surface area contributed by atoms with E-state index >= 15 is 0 Å². The molecule has 0 saturated carbocycles. The third-order valence-corrected chi connectivity index (χ3v) is 5.40. The van der Waals surface area contributed by atoms with Gasteiger partial charge in [0.25, 0.3) is 0 Å². The minimum atomic E-state index is 0.766. The standard InChI is InChI=1S/C14H28N2S/c1-3-17-12-13(2)16-10-6-9-15-8-5-4-7-14(15)11-16/h13-14H,3-12H2,1-2H3. The molecule has 2 aliphatic heterocycles. The van der Waals surface area contributed by atoms with Crippen molar-refractivity contribution in [2.24, 2.45) is 0 Å². The fourth-order valence-corrected chi connectivity index (χ4v) is 3.98.